The number of anilines is 2. The van der Waals surface area contributed by atoms with Gasteiger partial charge in [-0.2, -0.15) is 10.2 Å². The zero-order valence-electron chi connectivity index (χ0n) is 24.5. The summed E-state index contributed by atoms with van der Waals surface area (Å²) in [5.41, 5.74) is 5.77. The molecule has 0 aliphatic carbocycles. The van der Waals surface area contributed by atoms with Gasteiger partial charge in [0.2, 0.25) is 0 Å². The van der Waals surface area contributed by atoms with E-state index in [1.165, 1.54) is 17.7 Å². The van der Waals surface area contributed by atoms with Gasteiger partial charge in [0.25, 0.3) is 6.43 Å². The predicted molar refractivity (Wildman–Crippen MR) is 158 cm³/mol. The Kier molecular flexibility index (Phi) is 7.76. The molecule has 3 aliphatic rings. The van der Waals surface area contributed by atoms with E-state index in [9.17, 15) is 8.78 Å². The van der Waals surface area contributed by atoms with Crippen LogP contribution < -0.4 is 10.2 Å². The van der Waals surface area contributed by atoms with Gasteiger partial charge >= 0.3 is 0 Å². The molecule has 0 atom stereocenters. The quantitative estimate of drug-likeness (QED) is 0.396. The SMILES string of the molecule is C=C(NC)N1CCc2c(c(N3CCCc4cc(-c5cnn(C)c5)c(C(F)F)cc43)nn2C2CCN(CCC)CC2)C1. The van der Waals surface area contributed by atoms with Gasteiger partial charge in [-0.15, -0.1) is 0 Å². The minimum absolute atomic E-state index is 0.0467. The van der Waals surface area contributed by atoms with Gasteiger partial charge in [0.1, 0.15) is 0 Å². The van der Waals surface area contributed by atoms with E-state index < -0.39 is 6.43 Å². The van der Waals surface area contributed by atoms with Gasteiger partial charge < -0.3 is 20.0 Å². The number of piperidine rings is 1. The van der Waals surface area contributed by atoms with Crippen molar-refractivity contribution in [3.05, 3.63) is 59.3 Å². The number of benzene rings is 1. The molecule has 0 bridgehead atoms. The van der Waals surface area contributed by atoms with Crippen LogP contribution in [0.2, 0.25) is 0 Å². The van der Waals surface area contributed by atoms with Crippen LogP contribution in [0.15, 0.2) is 36.9 Å². The van der Waals surface area contributed by atoms with Crippen LogP contribution in [0.5, 0.6) is 0 Å². The van der Waals surface area contributed by atoms with E-state index in [0.717, 1.165) is 93.3 Å². The summed E-state index contributed by atoms with van der Waals surface area (Å²) in [6.45, 7) is 12.1. The van der Waals surface area contributed by atoms with Crippen LogP contribution in [0.3, 0.4) is 0 Å². The number of nitrogens with zero attached hydrogens (tertiary/aromatic N) is 7. The van der Waals surface area contributed by atoms with Crippen LogP contribution in [0.25, 0.3) is 11.1 Å². The second-order valence-corrected chi connectivity index (χ2v) is 11.7. The second-order valence-electron chi connectivity index (χ2n) is 11.7. The van der Waals surface area contributed by atoms with E-state index in [2.05, 4.69) is 43.3 Å². The number of hydrogen-bond donors (Lipinski definition) is 1. The first-order valence-electron chi connectivity index (χ1n) is 15.0. The van der Waals surface area contributed by atoms with Crippen LogP contribution in [0.4, 0.5) is 20.3 Å². The third kappa shape index (κ3) is 5.22. The number of likely N-dealkylation sites (tertiary alicyclic amines) is 1. The van der Waals surface area contributed by atoms with E-state index in [4.69, 9.17) is 5.10 Å². The van der Waals surface area contributed by atoms with E-state index in [-0.39, 0.29) is 5.56 Å². The monoisotopic (exact) mass is 564 g/mol. The van der Waals surface area contributed by atoms with Gasteiger partial charge in [0, 0.05) is 87.5 Å². The first-order chi connectivity index (χ1) is 19.9. The highest BCUT2D eigenvalue weighted by molar-refractivity contribution is 5.77. The van der Waals surface area contributed by atoms with Crippen LogP contribution in [0.1, 0.15) is 67.5 Å². The Morgan fingerprint density at radius 3 is 2.63 bits per heavy atom. The summed E-state index contributed by atoms with van der Waals surface area (Å²) in [5.74, 6) is 1.81. The Hall–Kier alpha value is -3.40. The van der Waals surface area contributed by atoms with E-state index in [1.54, 1.807) is 23.1 Å². The molecular formula is C31H42F2N8. The molecular weight excluding hydrogens is 522 g/mol. The van der Waals surface area contributed by atoms with Gasteiger partial charge in [-0.3, -0.25) is 9.36 Å². The Morgan fingerprint density at radius 2 is 1.95 bits per heavy atom. The highest BCUT2D eigenvalue weighted by Crippen LogP contribution is 2.43. The van der Waals surface area contributed by atoms with Crippen LogP contribution in [-0.4, -0.2) is 69.1 Å². The smallest absolute Gasteiger partial charge is 0.264 e. The topological polar surface area (TPSA) is 57.4 Å². The van der Waals surface area contributed by atoms with Crippen LogP contribution in [-0.2, 0) is 26.4 Å². The Labute approximate surface area is 241 Å². The summed E-state index contributed by atoms with van der Waals surface area (Å²) in [6, 6.07) is 4.03. The normalized spacial score (nSPS) is 18.1. The minimum Gasteiger partial charge on any atom is -0.375 e. The van der Waals surface area contributed by atoms with Crippen molar-refractivity contribution < 1.29 is 8.78 Å². The Balaban J connectivity index is 1.42. The van der Waals surface area contributed by atoms with Gasteiger partial charge in [-0.1, -0.05) is 13.5 Å². The van der Waals surface area contributed by atoms with Gasteiger partial charge in [-0.05, 0) is 61.9 Å². The largest absolute Gasteiger partial charge is 0.375 e. The van der Waals surface area contributed by atoms with Crippen LogP contribution >= 0.6 is 0 Å². The maximum atomic E-state index is 14.5. The minimum atomic E-state index is -2.59. The molecule has 1 aromatic carbocycles. The third-order valence-electron chi connectivity index (χ3n) is 9.05. The van der Waals surface area contributed by atoms with Crippen molar-refractivity contribution in [3.8, 4) is 11.1 Å². The molecule has 10 heteroatoms. The van der Waals surface area contributed by atoms with Crippen molar-refractivity contribution in [3.63, 3.8) is 0 Å². The maximum Gasteiger partial charge on any atom is 0.264 e. The Bertz CT molecular complexity index is 1400. The molecule has 1 fully saturated rings. The Morgan fingerprint density at radius 1 is 1.15 bits per heavy atom. The third-order valence-corrected chi connectivity index (χ3v) is 9.05. The highest BCUT2D eigenvalue weighted by Gasteiger charge is 2.34. The molecule has 41 heavy (non-hydrogen) atoms. The summed E-state index contributed by atoms with van der Waals surface area (Å²) in [4.78, 5) is 7.03. The van der Waals surface area contributed by atoms with E-state index in [1.807, 2.05) is 20.2 Å². The molecule has 1 N–H and O–H groups in total. The van der Waals surface area contributed by atoms with Gasteiger partial charge in [-0.25, -0.2) is 8.78 Å². The average molecular weight is 565 g/mol. The first kappa shape index (κ1) is 27.8. The molecule has 0 saturated carbocycles. The summed E-state index contributed by atoms with van der Waals surface area (Å²) >= 11 is 0. The second kappa shape index (κ2) is 11.5. The van der Waals surface area contributed by atoms with Crippen molar-refractivity contribution >= 4 is 11.5 Å². The van der Waals surface area contributed by atoms with Crippen LogP contribution in [0, 0.1) is 0 Å². The number of hydrogen-bond acceptors (Lipinski definition) is 6. The molecule has 5 heterocycles. The number of halogens is 2. The molecule has 0 spiro atoms. The molecule has 0 radical (unpaired) electrons. The lowest BCUT2D eigenvalue weighted by Gasteiger charge is -2.35. The number of aromatic nitrogens is 4. The molecule has 1 saturated heterocycles. The number of nitrogens with one attached hydrogen (secondary N) is 1. The van der Waals surface area contributed by atoms with Gasteiger partial charge in [0.05, 0.1) is 18.1 Å². The lowest BCUT2D eigenvalue weighted by atomic mass is 9.92. The number of alkyl halides is 2. The van der Waals surface area contributed by atoms with Crippen molar-refractivity contribution in [2.75, 3.05) is 44.7 Å². The highest BCUT2D eigenvalue weighted by atomic mass is 19.3. The molecule has 220 valence electrons. The summed E-state index contributed by atoms with van der Waals surface area (Å²) in [5, 5.41) is 12.8. The lowest BCUT2D eigenvalue weighted by Crippen LogP contribution is -2.37. The molecule has 0 amide bonds. The van der Waals surface area contributed by atoms with E-state index >= 15 is 0 Å². The molecule has 2 aromatic heterocycles. The zero-order chi connectivity index (χ0) is 28.7. The lowest BCUT2D eigenvalue weighted by molar-refractivity contribution is 0.152. The molecule has 0 unspecified atom stereocenters. The van der Waals surface area contributed by atoms with Crippen molar-refractivity contribution in [2.24, 2.45) is 7.05 Å². The zero-order valence-corrected chi connectivity index (χ0v) is 24.5. The van der Waals surface area contributed by atoms with Crippen molar-refractivity contribution in [2.45, 2.75) is 64.5 Å². The standard InChI is InChI=1S/C31H42F2N8/c1-5-11-38-13-8-24(9-14-38)41-28-10-15-39(21(2)34-3)20-27(28)31(36-41)40-12-6-7-22-16-25(23-18-35-37(4)19-23)26(30(32)33)17-29(22)40/h16-19,24,30,34H,2,5-15,20H2,1,3-4H3. The fraction of sp³-hybridized carbons (Fsp3) is 0.548. The number of rotatable bonds is 8. The summed E-state index contributed by atoms with van der Waals surface area (Å²) in [7, 11) is 3.71. The maximum absolute atomic E-state index is 14.5. The number of aryl methyl sites for hydroxylation is 2. The fourth-order valence-corrected chi connectivity index (χ4v) is 6.90. The molecule has 6 rings (SSSR count). The van der Waals surface area contributed by atoms with E-state index in [0.29, 0.717) is 18.2 Å². The summed E-state index contributed by atoms with van der Waals surface area (Å²) < 4.78 is 33.0. The molecule has 3 aliphatic heterocycles. The molecule has 8 nitrogen and oxygen atoms in total. The predicted octanol–water partition coefficient (Wildman–Crippen LogP) is 5.40. The first-order valence-corrected chi connectivity index (χ1v) is 15.0. The average Bonchev–Trinajstić information content (AvgIpc) is 3.59. The number of fused-ring (bicyclic) bond motifs is 2. The molecule has 3 aromatic rings. The van der Waals surface area contributed by atoms with Crippen molar-refractivity contribution in [1.82, 2.24) is 34.7 Å². The van der Waals surface area contributed by atoms with Crippen molar-refractivity contribution in [1.29, 1.82) is 0 Å². The fourth-order valence-electron chi connectivity index (χ4n) is 6.90. The summed E-state index contributed by atoms with van der Waals surface area (Å²) in [6.07, 6.45) is 6.91. The van der Waals surface area contributed by atoms with Gasteiger partial charge in [0.15, 0.2) is 5.82 Å².